The monoisotopic (exact) mass is 386 g/mol. The van der Waals surface area contributed by atoms with Gasteiger partial charge in [0.1, 0.15) is 0 Å². The topological polar surface area (TPSA) is 50.3 Å². The second-order valence-corrected chi connectivity index (χ2v) is 8.26. The number of rotatable bonds is 8. The van der Waals surface area contributed by atoms with Crippen molar-refractivity contribution < 1.29 is 8.42 Å². The van der Waals surface area contributed by atoms with Crippen LogP contribution in [0.3, 0.4) is 0 Å². The fourth-order valence-electron chi connectivity index (χ4n) is 2.36. The normalized spacial score (nSPS) is 11.8. The predicted octanol–water partition coefficient (Wildman–Crippen LogP) is 4.17. The average Bonchev–Trinajstić information content (AvgIpc) is 2.55. The number of hydrogen-bond acceptors (Lipinski definition) is 3. The first-order chi connectivity index (χ1) is 11.4. The molecule has 130 valence electrons. The SMILES string of the molecule is CCCN(CCc1ccccn1)S(=O)(=O)Cc1ccc(Cl)c(Cl)c1. The number of halogens is 2. The molecule has 0 aliphatic carbocycles. The van der Waals surface area contributed by atoms with Crippen molar-refractivity contribution in [3.05, 3.63) is 63.9 Å². The number of hydrogen-bond donors (Lipinski definition) is 0. The Hall–Kier alpha value is -1.14. The highest BCUT2D eigenvalue weighted by Crippen LogP contribution is 2.24. The Balaban J connectivity index is 2.10. The molecular formula is C17H20Cl2N2O2S. The van der Waals surface area contributed by atoms with E-state index in [1.807, 2.05) is 25.1 Å². The first-order valence-electron chi connectivity index (χ1n) is 7.74. The number of pyridine rings is 1. The molecule has 0 bridgehead atoms. The summed E-state index contributed by atoms with van der Waals surface area (Å²) in [5.74, 6) is -0.0912. The largest absolute Gasteiger partial charge is 0.261 e. The van der Waals surface area contributed by atoms with E-state index in [1.54, 1.807) is 24.4 Å². The molecule has 4 nitrogen and oxygen atoms in total. The van der Waals surface area contributed by atoms with Gasteiger partial charge in [-0.1, -0.05) is 42.3 Å². The number of benzene rings is 1. The Morgan fingerprint density at radius 3 is 2.50 bits per heavy atom. The summed E-state index contributed by atoms with van der Waals surface area (Å²) in [7, 11) is -3.43. The standard InChI is InChI=1S/C17H20Cl2N2O2S/c1-2-10-21(11-8-15-5-3-4-9-20-15)24(22,23)13-14-6-7-16(18)17(19)12-14/h3-7,9,12H,2,8,10-11,13H2,1H3. The highest BCUT2D eigenvalue weighted by Gasteiger charge is 2.22. The molecule has 0 fully saturated rings. The minimum atomic E-state index is -3.43. The van der Waals surface area contributed by atoms with Gasteiger partial charge in [-0.3, -0.25) is 4.98 Å². The molecule has 2 rings (SSSR count). The minimum Gasteiger partial charge on any atom is -0.261 e. The second kappa shape index (κ2) is 8.81. The van der Waals surface area contributed by atoms with E-state index in [1.165, 1.54) is 4.31 Å². The number of aromatic nitrogens is 1. The molecular weight excluding hydrogens is 367 g/mol. The van der Waals surface area contributed by atoms with Crippen molar-refractivity contribution >= 4 is 33.2 Å². The zero-order valence-electron chi connectivity index (χ0n) is 13.5. The summed E-state index contributed by atoms with van der Waals surface area (Å²) in [6, 6.07) is 10.5. The zero-order valence-corrected chi connectivity index (χ0v) is 15.8. The van der Waals surface area contributed by atoms with Crippen molar-refractivity contribution in [2.45, 2.75) is 25.5 Å². The summed E-state index contributed by atoms with van der Waals surface area (Å²) in [5, 5.41) is 0.776. The maximum Gasteiger partial charge on any atom is 0.218 e. The van der Waals surface area contributed by atoms with Gasteiger partial charge in [-0.05, 0) is 36.2 Å². The van der Waals surface area contributed by atoms with E-state index in [2.05, 4.69) is 4.98 Å². The van der Waals surface area contributed by atoms with Crippen molar-refractivity contribution in [2.75, 3.05) is 13.1 Å². The Morgan fingerprint density at radius 1 is 1.08 bits per heavy atom. The molecule has 0 aliphatic heterocycles. The van der Waals surface area contributed by atoms with Gasteiger partial charge in [0.05, 0.1) is 15.8 Å². The van der Waals surface area contributed by atoms with Crippen LogP contribution in [0, 0.1) is 0 Å². The van der Waals surface area contributed by atoms with Gasteiger partial charge in [-0.2, -0.15) is 0 Å². The lowest BCUT2D eigenvalue weighted by atomic mass is 10.2. The highest BCUT2D eigenvalue weighted by atomic mass is 35.5. The highest BCUT2D eigenvalue weighted by molar-refractivity contribution is 7.88. The average molecular weight is 387 g/mol. The van der Waals surface area contributed by atoms with Crippen LogP contribution in [-0.2, 0) is 22.2 Å². The van der Waals surface area contributed by atoms with E-state index in [0.29, 0.717) is 35.1 Å². The van der Waals surface area contributed by atoms with Crippen LogP contribution >= 0.6 is 23.2 Å². The Labute approximate surface area is 153 Å². The van der Waals surface area contributed by atoms with Gasteiger partial charge in [0.2, 0.25) is 10.0 Å². The second-order valence-electron chi connectivity index (χ2n) is 5.47. The molecule has 0 amide bonds. The van der Waals surface area contributed by atoms with Crippen molar-refractivity contribution in [1.82, 2.24) is 9.29 Å². The lowest BCUT2D eigenvalue weighted by Gasteiger charge is -2.21. The first kappa shape index (κ1) is 19.2. The molecule has 0 saturated carbocycles. The molecule has 0 N–H and O–H groups in total. The van der Waals surface area contributed by atoms with Crippen molar-refractivity contribution in [3.63, 3.8) is 0 Å². The molecule has 0 atom stereocenters. The van der Waals surface area contributed by atoms with Crippen LogP contribution in [0.15, 0.2) is 42.6 Å². The molecule has 0 aliphatic rings. The van der Waals surface area contributed by atoms with Gasteiger partial charge in [0.25, 0.3) is 0 Å². The van der Waals surface area contributed by atoms with Crippen LogP contribution in [0.5, 0.6) is 0 Å². The maximum atomic E-state index is 12.7. The molecule has 1 aromatic carbocycles. The fourth-order valence-corrected chi connectivity index (χ4v) is 4.29. The fraction of sp³-hybridized carbons (Fsp3) is 0.353. The maximum absolute atomic E-state index is 12.7. The third-order valence-electron chi connectivity index (χ3n) is 3.54. The lowest BCUT2D eigenvalue weighted by Crippen LogP contribution is -2.34. The van der Waals surface area contributed by atoms with Crippen LogP contribution in [0.2, 0.25) is 10.0 Å². The van der Waals surface area contributed by atoms with Crippen LogP contribution in [0.25, 0.3) is 0 Å². The Bertz CT molecular complexity index is 767. The van der Waals surface area contributed by atoms with Gasteiger partial charge in [-0.25, -0.2) is 12.7 Å². The molecule has 2 aromatic rings. The quantitative estimate of drug-likeness (QED) is 0.683. The number of sulfonamides is 1. The van der Waals surface area contributed by atoms with Gasteiger partial charge < -0.3 is 0 Å². The summed E-state index contributed by atoms with van der Waals surface area (Å²) < 4.78 is 27.0. The van der Waals surface area contributed by atoms with Crippen LogP contribution < -0.4 is 0 Å². The number of nitrogens with zero attached hydrogens (tertiary/aromatic N) is 2. The summed E-state index contributed by atoms with van der Waals surface area (Å²) >= 11 is 11.9. The zero-order chi connectivity index (χ0) is 17.6. The van der Waals surface area contributed by atoms with Crippen LogP contribution in [-0.4, -0.2) is 30.8 Å². The summed E-state index contributed by atoms with van der Waals surface area (Å²) in [6.07, 6.45) is 3.05. The van der Waals surface area contributed by atoms with Gasteiger partial charge >= 0.3 is 0 Å². The van der Waals surface area contributed by atoms with E-state index < -0.39 is 10.0 Å². The minimum absolute atomic E-state index is 0.0912. The molecule has 0 spiro atoms. The van der Waals surface area contributed by atoms with Gasteiger partial charge in [0.15, 0.2) is 0 Å². The molecule has 0 unspecified atom stereocenters. The van der Waals surface area contributed by atoms with E-state index >= 15 is 0 Å². The van der Waals surface area contributed by atoms with Gasteiger partial charge in [-0.15, -0.1) is 0 Å². The third kappa shape index (κ3) is 5.45. The van der Waals surface area contributed by atoms with E-state index in [9.17, 15) is 8.42 Å². The third-order valence-corrected chi connectivity index (χ3v) is 6.13. The smallest absolute Gasteiger partial charge is 0.218 e. The summed E-state index contributed by atoms with van der Waals surface area (Å²) in [6.45, 7) is 2.85. The van der Waals surface area contributed by atoms with Crippen molar-refractivity contribution in [2.24, 2.45) is 0 Å². The van der Waals surface area contributed by atoms with E-state index in [0.717, 1.165) is 12.1 Å². The molecule has 0 saturated heterocycles. The summed E-state index contributed by atoms with van der Waals surface area (Å²) in [5.41, 5.74) is 1.51. The van der Waals surface area contributed by atoms with Crippen LogP contribution in [0.4, 0.5) is 0 Å². The lowest BCUT2D eigenvalue weighted by molar-refractivity contribution is 0.411. The molecule has 0 radical (unpaired) electrons. The van der Waals surface area contributed by atoms with Crippen molar-refractivity contribution in [1.29, 1.82) is 0 Å². The van der Waals surface area contributed by atoms with E-state index in [-0.39, 0.29) is 5.75 Å². The molecule has 1 aromatic heterocycles. The van der Waals surface area contributed by atoms with Crippen LogP contribution in [0.1, 0.15) is 24.6 Å². The molecule has 24 heavy (non-hydrogen) atoms. The predicted molar refractivity (Wildman–Crippen MR) is 98.9 cm³/mol. The molecule has 7 heteroatoms. The van der Waals surface area contributed by atoms with Gasteiger partial charge in [0, 0.05) is 31.4 Å². The first-order valence-corrected chi connectivity index (χ1v) is 10.1. The van der Waals surface area contributed by atoms with Crippen molar-refractivity contribution in [3.8, 4) is 0 Å². The van der Waals surface area contributed by atoms with E-state index in [4.69, 9.17) is 23.2 Å². The Morgan fingerprint density at radius 2 is 1.88 bits per heavy atom. The summed E-state index contributed by atoms with van der Waals surface area (Å²) in [4.78, 5) is 4.24. The Kier molecular flexibility index (Phi) is 7.04. The molecule has 1 heterocycles.